The van der Waals surface area contributed by atoms with Crippen LogP contribution in [0.15, 0.2) is 11.1 Å². The van der Waals surface area contributed by atoms with Crippen LogP contribution in [0, 0.1) is 22.7 Å². The van der Waals surface area contributed by atoms with Crippen LogP contribution < -0.4 is 0 Å². The van der Waals surface area contributed by atoms with Crippen LogP contribution in [0.4, 0.5) is 0 Å². The number of hydrogen-bond acceptors (Lipinski definition) is 2. The second kappa shape index (κ2) is 4.44. The van der Waals surface area contributed by atoms with Crippen molar-refractivity contribution in [3.05, 3.63) is 11.1 Å². The Morgan fingerprint density at radius 3 is 2.71 bits per heavy atom. The molecule has 0 bridgehead atoms. The summed E-state index contributed by atoms with van der Waals surface area (Å²) in [6, 6.07) is 0. The summed E-state index contributed by atoms with van der Waals surface area (Å²) >= 11 is 0. The third kappa shape index (κ3) is 1.78. The standard InChI is InChI=1S/C19H28O2/c1-12-14-5-4-13-15(19(14,3)9-7-16(12)20)6-8-18(2)10-11-21-17(13)18/h13,15,17H,4-11H2,1-3H3/t13-,15+,17+,18-,19+/m1/s1. The summed E-state index contributed by atoms with van der Waals surface area (Å²) in [5.41, 5.74) is 3.30. The molecule has 0 amide bonds. The van der Waals surface area contributed by atoms with Crippen LogP contribution in [0.25, 0.3) is 0 Å². The SMILES string of the molecule is CC1=C2CC[C@H]3[C@@H]4OCC[C@@]4(C)CC[C@@H]3[C@@]2(C)CCC1=O. The number of carbonyl (C=O) groups is 1. The molecular weight excluding hydrogens is 260 g/mol. The van der Waals surface area contributed by atoms with Gasteiger partial charge in [0, 0.05) is 13.0 Å². The number of ether oxygens (including phenoxy) is 1. The first-order valence-electron chi connectivity index (χ1n) is 8.81. The van der Waals surface area contributed by atoms with Crippen molar-refractivity contribution in [1.29, 1.82) is 0 Å². The highest BCUT2D eigenvalue weighted by molar-refractivity contribution is 5.96. The Bertz CT molecular complexity index is 520. The molecule has 116 valence electrons. The van der Waals surface area contributed by atoms with E-state index in [1.54, 1.807) is 0 Å². The Kier molecular flexibility index (Phi) is 2.96. The molecule has 1 saturated heterocycles. The van der Waals surface area contributed by atoms with Crippen molar-refractivity contribution < 1.29 is 9.53 Å². The van der Waals surface area contributed by atoms with Crippen molar-refractivity contribution in [2.24, 2.45) is 22.7 Å². The number of Topliss-reactive ketones (excluding diaryl/α,β-unsaturated/α-hetero) is 1. The van der Waals surface area contributed by atoms with Crippen molar-refractivity contribution >= 4 is 5.78 Å². The van der Waals surface area contributed by atoms with Gasteiger partial charge in [-0.1, -0.05) is 19.4 Å². The first-order valence-corrected chi connectivity index (χ1v) is 8.81. The number of rotatable bonds is 0. The van der Waals surface area contributed by atoms with Gasteiger partial charge in [0.25, 0.3) is 0 Å². The van der Waals surface area contributed by atoms with E-state index in [4.69, 9.17) is 4.74 Å². The smallest absolute Gasteiger partial charge is 0.158 e. The molecule has 0 aromatic rings. The highest BCUT2D eigenvalue weighted by Crippen LogP contribution is 2.62. The molecule has 3 fully saturated rings. The van der Waals surface area contributed by atoms with Crippen LogP contribution in [0.2, 0.25) is 0 Å². The Balaban J connectivity index is 1.72. The summed E-state index contributed by atoms with van der Waals surface area (Å²) in [7, 11) is 0. The van der Waals surface area contributed by atoms with Gasteiger partial charge in [0.15, 0.2) is 5.78 Å². The van der Waals surface area contributed by atoms with E-state index in [0.717, 1.165) is 43.3 Å². The summed E-state index contributed by atoms with van der Waals surface area (Å²) in [4.78, 5) is 12.1. The molecular formula is C19H28O2. The number of hydrogen-bond donors (Lipinski definition) is 0. The average Bonchev–Trinajstić information content (AvgIpc) is 2.85. The van der Waals surface area contributed by atoms with Crippen LogP contribution >= 0.6 is 0 Å². The summed E-state index contributed by atoms with van der Waals surface area (Å²) in [6.45, 7) is 7.94. The molecule has 2 saturated carbocycles. The third-order valence-electron chi connectivity index (χ3n) is 7.57. The molecule has 0 aromatic heterocycles. The van der Waals surface area contributed by atoms with Gasteiger partial charge in [-0.2, -0.15) is 0 Å². The molecule has 0 radical (unpaired) electrons. The maximum absolute atomic E-state index is 12.1. The minimum atomic E-state index is 0.272. The predicted octanol–water partition coefficient (Wildman–Crippen LogP) is 4.29. The molecule has 0 N–H and O–H groups in total. The highest BCUT2D eigenvalue weighted by atomic mass is 16.5. The monoisotopic (exact) mass is 288 g/mol. The van der Waals surface area contributed by atoms with E-state index in [2.05, 4.69) is 20.8 Å². The summed E-state index contributed by atoms with van der Waals surface area (Å²) < 4.78 is 6.22. The van der Waals surface area contributed by atoms with Crippen LogP contribution in [-0.2, 0) is 9.53 Å². The summed E-state index contributed by atoms with van der Waals surface area (Å²) in [6.07, 6.45) is 8.58. The molecule has 0 aromatic carbocycles. The topological polar surface area (TPSA) is 26.3 Å². The molecule has 4 aliphatic rings. The van der Waals surface area contributed by atoms with Crippen molar-refractivity contribution in [3.63, 3.8) is 0 Å². The van der Waals surface area contributed by atoms with E-state index in [0.29, 0.717) is 17.3 Å². The van der Waals surface area contributed by atoms with Crippen LogP contribution in [0.1, 0.15) is 65.7 Å². The summed E-state index contributed by atoms with van der Waals surface area (Å²) in [5, 5.41) is 0. The van der Waals surface area contributed by atoms with Crippen molar-refractivity contribution in [2.45, 2.75) is 71.8 Å². The Hall–Kier alpha value is -0.630. The zero-order valence-electron chi connectivity index (χ0n) is 13.7. The zero-order chi connectivity index (χ0) is 14.8. The van der Waals surface area contributed by atoms with Gasteiger partial charge in [-0.3, -0.25) is 4.79 Å². The zero-order valence-corrected chi connectivity index (χ0v) is 13.7. The maximum Gasteiger partial charge on any atom is 0.158 e. The first kappa shape index (κ1) is 14.0. The molecule has 21 heavy (non-hydrogen) atoms. The lowest BCUT2D eigenvalue weighted by Gasteiger charge is -2.57. The van der Waals surface area contributed by atoms with Gasteiger partial charge in [0.1, 0.15) is 0 Å². The van der Waals surface area contributed by atoms with Gasteiger partial charge < -0.3 is 4.74 Å². The highest BCUT2D eigenvalue weighted by Gasteiger charge is 2.57. The molecule has 2 nitrogen and oxygen atoms in total. The minimum absolute atomic E-state index is 0.272. The fourth-order valence-corrected chi connectivity index (χ4v) is 6.23. The fourth-order valence-electron chi connectivity index (χ4n) is 6.23. The lowest BCUT2D eigenvalue weighted by atomic mass is 9.48. The molecule has 5 atom stereocenters. The number of fused-ring (bicyclic) bond motifs is 5. The number of allylic oxidation sites excluding steroid dienone is 2. The van der Waals surface area contributed by atoms with Gasteiger partial charge in [0.05, 0.1) is 6.10 Å². The van der Waals surface area contributed by atoms with Crippen LogP contribution in [0.5, 0.6) is 0 Å². The maximum atomic E-state index is 12.1. The van der Waals surface area contributed by atoms with Gasteiger partial charge in [-0.05, 0) is 73.7 Å². The van der Waals surface area contributed by atoms with E-state index in [-0.39, 0.29) is 5.41 Å². The molecule has 4 rings (SSSR count). The number of carbonyl (C=O) groups excluding carboxylic acids is 1. The van der Waals surface area contributed by atoms with Crippen molar-refractivity contribution in [3.8, 4) is 0 Å². The first-order chi connectivity index (χ1) is 9.96. The van der Waals surface area contributed by atoms with Crippen LogP contribution in [-0.4, -0.2) is 18.5 Å². The second-order valence-electron chi connectivity index (χ2n) is 8.49. The molecule has 3 aliphatic carbocycles. The Morgan fingerprint density at radius 1 is 1.10 bits per heavy atom. The van der Waals surface area contributed by atoms with E-state index in [9.17, 15) is 4.79 Å². The molecule has 0 unspecified atom stereocenters. The minimum Gasteiger partial charge on any atom is -0.377 e. The van der Waals surface area contributed by atoms with Crippen molar-refractivity contribution in [2.75, 3.05) is 6.61 Å². The lowest BCUT2D eigenvalue weighted by molar-refractivity contribution is -0.120. The van der Waals surface area contributed by atoms with Gasteiger partial charge in [-0.15, -0.1) is 0 Å². The van der Waals surface area contributed by atoms with E-state index in [1.807, 2.05) is 0 Å². The average molecular weight is 288 g/mol. The predicted molar refractivity (Wildman–Crippen MR) is 83.0 cm³/mol. The quantitative estimate of drug-likeness (QED) is 0.665. The summed E-state index contributed by atoms with van der Waals surface area (Å²) in [5.74, 6) is 1.86. The van der Waals surface area contributed by atoms with E-state index in [1.165, 1.54) is 31.3 Å². The van der Waals surface area contributed by atoms with Crippen molar-refractivity contribution in [1.82, 2.24) is 0 Å². The molecule has 0 spiro atoms. The Labute approximate surface area is 128 Å². The second-order valence-corrected chi connectivity index (χ2v) is 8.49. The molecule has 1 aliphatic heterocycles. The van der Waals surface area contributed by atoms with Gasteiger partial charge in [0.2, 0.25) is 0 Å². The fraction of sp³-hybridized carbons (Fsp3) is 0.842. The van der Waals surface area contributed by atoms with Crippen LogP contribution in [0.3, 0.4) is 0 Å². The lowest BCUT2D eigenvalue weighted by Crippen LogP contribution is -2.52. The third-order valence-corrected chi connectivity index (χ3v) is 7.57. The van der Waals surface area contributed by atoms with Gasteiger partial charge >= 0.3 is 0 Å². The number of ketones is 1. The van der Waals surface area contributed by atoms with E-state index < -0.39 is 0 Å². The van der Waals surface area contributed by atoms with Gasteiger partial charge in [-0.25, -0.2) is 0 Å². The largest absolute Gasteiger partial charge is 0.377 e. The molecule has 1 heterocycles. The molecule has 2 heteroatoms. The Morgan fingerprint density at radius 2 is 1.90 bits per heavy atom. The van der Waals surface area contributed by atoms with E-state index >= 15 is 0 Å². The normalized spacial score (nSPS) is 49.7.